The van der Waals surface area contributed by atoms with Crippen molar-refractivity contribution in [1.82, 2.24) is 0 Å². The molecule has 3 nitrogen and oxygen atoms in total. The van der Waals surface area contributed by atoms with Crippen molar-refractivity contribution in [2.24, 2.45) is 5.92 Å². The van der Waals surface area contributed by atoms with Gasteiger partial charge in [0.2, 0.25) is 0 Å². The van der Waals surface area contributed by atoms with Crippen LogP contribution >= 0.6 is 0 Å². The first-order chi connectivity index (χ1) is 7.11. The highest BCUT2D eigenvalue weighted by atomic mass is 16.5. The average Bonchev–Trinajstić information content (AvgIpc) is 2.23. The van der Waals surface area contributed by atoms with Gasteiger partial charge in [0.05, 0.1) is 13.0 Å². The Hall–Kier alpha value is -0.860. The highest BCUT2D eigenvalue weighted by Gasteiger charge is 2.16. The van der Waals surface area contributed by atoms with Gasteiger partial charge in [0.1, 0.15) is 5.78 Å². The molecule has 1 unspecified atom stereocenters. The second-order valence-corrected chi connectivity index (χ2v) is 3.98. The van der Waals surface area contributed by atoms with E-state index in [-0.39, 0.29) is 17.7 Å². The molecule has 0 saturated carbocycles. The van der Waals surface area contributed by atoms with Gasteiger partial charge in [-0.05, 0) is 6.42 Å². The van der Waals surface area contributed by atoms with Crippen LogP contribution in [0.4, 0.5) is 0 Å². The summed E-state index contributed by atoms with van der Waals surface area (Å²) in [6.07, 6.45) is 5.32. The Morgan fingerprint density at radius 1 is 1.20 bits per heavy atom. The van der Waals surface area contributed by atoms with Crippen molar-refractivity contribution in [3.63, 3.8) is 0 Å². The summed E-state index contributed by atoms with van der Waals surface area (Å²) in [5.41, 5.74) is 0. The van der Waals surface area contributed by atoms with Crippen molar-refractivity contribution in [3.05, 3.63) is 0 Å². The first-order valence-corrected chi connectivity index (χ1v) is 5.71. The van der Waals surface area contributed by atoms with E-state index in [9.17, 15) is 9.59 Å². The minimum atomic E-state index is -0.298. The van der Waals surface area contributed by atoms with Gasteiger partial charge in [-0.3, -0.25) is 9.59 Å². The van der Waals surface area contributed by atoms with Crippen LogP contribution in [0.5, 0.6) is 0 Å². The molecule has 1 atom stereocenters. The van der Waals surface area contributed by atoms with Crippen LogP contribution in [0.1, 0.15) is 52.4 Å². The Labute approximate surface area is 92.2 Å². The number of esters is 1. The molecule has 0 amide bonds. The molecule has 0 rings (SSSR count). The van der Waals surface area contributed by atoms with Crippen molar-refractivity contribution >= 4 is 11.8 Å². The molecule has 0 heterocycles. The Kier molecular flexibility index (Phi) is 7.96. The fourth-order valence-electron chi connectivity index (χ4n) is 1.48. The molecule has 0 aliphatic carbocycles. The topological polar surface area (TPSA) is 43.4 Å². The van der Waals surface area contributed by atoms with Gasteiger partial charge < -0.3 is 4.74 Å². The Morgan fingerprint density at radius 2 is 1.87 bits per heavy atom. The molecular weight excluding hydrogens is 192 g/mol. The van der Waals surface area contributed by atoms with Gasteiger partial charge in [0, 0.05) is 12.8 Å². The van der Waals surface area contributed by atoms with E-state index in [2.05, 4.69) is 11.7 Å². The fraction of sp³-hybridized carbons (Fsp3) is 0.833. The van der Waals surface area contributed by atoms with E-state index in [0.717, 1.165) is 12.8 Å². The monoisotopic (exact) mass is 214 g/mol. The number of ketones is 1. The standard InChI is InChI=1S/C12H22O3/c1-4-5-6-7-8-11(13)9-10(2)12(14)15-3/h10H,4-9H2,1-3H3. The second-order valence-electron chi connectivity index (χ2n) is 3.98. The molecule has 88 valence electrons. The number of hydrogen-bond donors (Lipinski definition) is 0. The molecule has 0 radical (unpaired) electrons. The van der Waals surface area contributed by atoms with E-state index in [1.165, 1.54) is 20.0 Å². The molecule has 0 aromatic heterocycles. The van der Waals surface area contributed by atoms with Crippen LogP contribution in [-0.2, 0) is 14.3 Å². The van der Waals surface area contributed by atoms with Crippen LogP contribution in [0, 0.1) is 5.92 Å². The summed E-state index contributed by atoms with van der Waals surface area (Å²) < 4.78 is 4.56. The highest BCUT2D eigenvalue weighted by Crippen LogP contribution is 2.10. The maximum absolute atomic E-state index is 11.4. The van der Waals surface area contributed by atoms with E-state index >= 15 is 0 Å². The lowest BCUT2D eigenvalue weighted by molar-refractivity contribution is -0.146. The van der Waals surface area contributed by atoms with E-state index in [1.807, 2.05) is 0 Å². The number of carbonyl (C=O) groups excluding carboxylic acids is 2. The minimum absolute atomic E-state index is 0.170. The van der Waals surface area contributed by atoms with Gasteiger partial charge in [0.25, 0.3) is 0 Å². The lowest BCUT2D eigenvalue weighted by atomic mass is 10.0. The number of methoxy groups -OCH3 is 1. The largest absolute Gasteiger partial charge is 0.469 e. The summed E-state index contributed by atoms with van der Waals surface area (Å²) in [6, 6.07) is 0. The lowest BCUT2D eigenvalue weighted by Crippen LogP contribution is -2.16. The van der Waals surface area contributed by atoms with Gasteiger partial charge in [0.15, 0.2) is 0 Å². The van der Waals surface area contributed by atoms with Crippen molar-refractivity contribution in [1.29, 1.82) is 0 Å². The van der Waals surface area contributed by atoms with Gasteiger partial charge in [-0.2, -0.15) is 0 Å². The molecule has 0 aromatic rings. The molecule has 0 aromatic carbocycles. The number of hydrogen-bond acceptors (Lipinski definition) is 3. The first-order valence-electron chi connectivity index (χ1n) is 5.71. The Bertz CT molecular complexity index is 199. The van der Waals surface area contributed by atoms with Gasteiger partial charge >= 0.3 is 5.97 Å². The van der Waals surface area contributed by atoms with Crippen LogP contribution in [0.25, 0.3) is 0 Å². The second kappa shape index (κ2) is 8.45. The number of unbranched alkanes of at least 4 members (excludes halogenated alkanes) is 3. The smallest absolute Gasteiger partial charge is 0.308 e. The summed E-state index contributed by atoms with van der Waals surface area (Å²) in [4.78, 5) is 22.5. The predicted molar refractivity (Wildman–Crippen MR) is 59.6 cm³/mol. The summed E-state index contributed by atoms with van der Waals surface area (Å²) >= 11 is 0. The number of carbonyl (C=O) groups is 2. The first kappa shape index (κ1) is 14.1. The van der Waals surface area contributed by atoms with Crippen molar-refractivity contribution in [2.45, 2.75) is 52.4 Å². The molecule has 0 aliphatic rings. The van der Waals surface area contributed by atoms with E-state index in [1.54, 1.807) is 6.92 Å². The molecule has 15 heavy (non-hydrogen) atoms. The molecule has 0 bridgehead atoms. The predicted octanol–water partition coefficient (Wildman–Crippen LogP) is 2.73. The highest BCUT2D eigenvalue weighted by molar-refractivity contribution is 5.84. The maximum atomic E-state index is 11.4. The fourth-order valence-corrected chi connectivity index (χ4v) is 1.48. The molecule has 0 aliphatic heterocycles. The van der Waals surface area contributed by atoms with E-state index < -0.39 is 0 Å². The van der Waals surface area contributed by atoms with Gasteiger partial charge in [-0.25, -0.2) is 0 Å². The normalized spacial score (nSPS) is 12.2. The number of ether oxygens (including phenoxy) is 1. The van der Waals surface area contributed by atoms with Crippen molar-refractivity contribution in [3.8, 4) is 0 Å². The molecule has 0 saturated heterocycles. The third-order valence-electron chi connectivity index (χ3n) is 2.45. The SMILES string of the molecule is CCCCCCC(=O)CC(C)C(=O)OC. The van der Waals surface area contributed by atoms with Crippen molar-refractivity contribution in [2.75, 3.05) is 7.11 Å². The molecule has 0 fully saturated rings. The Morgan fingerprint density at radius 3 is 2.40 bits per heavy atom. The average molecular weight is 214 g/mol. The summed E-state index contributed by atoms with van der Waals surface area (Å²) in [5.74, 6) is -0.422. The lowest BCUT2D eigenvalue weighted by Gasteiger charge is -2.07. The maximum Gasteiger partial charge on any atom is 0.308 e. The number of rotatable bonds is 8. The van der Waals surface area contributed by atoms with Crippen LogP contribution < -0.4 is 0 Å². The van der Waals surface area contributed by atoms with Crippen molar-refractivity contribution < 1.29 is 14.3 Å². The van der Waals surface area contributed by atoms with Crippen LogP contribution in [0.15, 0.2) is 0 Å². The zero-order valence-electron chi connectivity index (χ0n) is 10.0. The summed E-state index contributed by atoms with van der Waals surface area (Å²) in [5, 5.41) is 0. The summed E-state index contributed by atoms with van der Waals surface area (Å²) in [7, 11) is 1.35. The molecular formula is C12H22O3. The quantitative estimate of drug-likeness (QED) is 0.461. The molecule has 0 N–H and O–H groups in total. The zero-order valence-corrected chi connectivity index (χ0v) is 10.0. The van der Waals surface area contributed by atoms with E-state index in [0.29, 0.717) is 12.8 Å². The van der Waals surface area contributed by atoms with Crippen LogP contribution in [0.3, 0.4) is 0 Å². The zero-order chi connectivity index (χ0) is 11.7. The molecule has 0 spiro atoms. The number of Topliss-reactive ketones (excluding diaryl/α,β-unsaturated/α-hetero) is 1. The van der Waals surface area contributed by atoms with Gasteiger partial charge in [-0.1, -0.05) is 33.1 Å². The Balaban J connectivity index is 3.60. The van der Waals surface area contributed by atoms with Crippen LogP contribution in [0.2, 0.25) is 0 Å². The van der Waals surface area contributed by atoms with E-state index in [4.69, 9.17) is 0 Å². The minimum Gasteiger partial charge on any atom is -0.469 e. The summed E-state index contributed by atoms with van der Waals surface area (Å²) in [6.45, 7) is 3.87. The van der Waals surface area contributed by atoms with Crippen LogP contribution in [-0.4, -0.2) is 18.9 Å². The molecule has 3 heteroatoms. The third-order valence-corrected chi connectivity index (χ3v) is 2.45. The van der Waals surface area contributed by atoms with Gasteiger partial charge in [-0.15, -0.1) is 0 Å². The third kappa shape index (κ3) is 7.11.